The molecule has 0 amide bonds. The Labute approximate surface area is 109 Å². The van der Waals surface area contributed by atoms with Gasteiger partial charge in [-0.25, -0.2) is 8.42 Å². The molecular weight excluding hydrogens is 300 g/mol. The summed E-state index contributed by atoms with van der Waals surface area (Å²) in [5.74, 6) is 0. The van der Waals surface area contributed by atoms with Gasteiger partial charge in [-0.15, -0.1) is 0 Å². The summed E-state index contributed by atoms with van der Waals surface area (Å²) in [5.41, 5.74) is 0.753. The summed E-state index contributed by atoms with van der Waals surface area (Å²) in [5, 5.41) is 0. The van der Waals surface area contributed by atoms with Crippen LogP contribution >= 0.6 is 15.9 Å². The van der Waals surface area contributed by atoms with Crippen molar-refractivity contribution in [3.05, 3.63) is 58.6 Å². The van der Waals surface area contributed by atoms with Gasteiger partial charge in [-0.1, -0.05) is 30.3 Å². The highest BCUT2D eigenvalue weighted by Crippen LogP contribution is 2.28. The van der Waals surface area contributed by atoms with E-state index in [2.05, 4.69) is 15.9 Å². The van der Waals surface area contributed by atoms with E-state index in [1.807, 2.05) is 6.07 Å². The van der Waals surface area contributed by atoms with Crippen molar-refractivity contribution in [1.29, 1.82) is 0 Å². The molecule has 0 saturated heterocycles. The van der Waals surface area contributed by atoms with Gasteiger partial charge in [0.05, 0.1) is 9.79 Å². The molecule has 0 aliphatic rings. The summed E-state index contributed by atoms with van der Waals surface area (Å²) < 4.78 is 25.5. The number of hydrogen-bond acceptors (Lipinski definition) is 2. The number of sulfone groups is 1. The predicted molar refractivity (Wildman–Crippen MR) is 70.8 cm³/mol. The van der Waals surface area contributed by atoms with Gasteiger partial charge in [0.1, 0.15) is 0 Å². The lowest BCUT2D eigenvalue weighted by Gasteiger charge is -2.08. The fourth-order valence-electron chi connectivity index (χ4n) is 1.64. The van der Waals surface area contributed by atoms with Crippen LogP contribution in [0.3, 0.4) is 0 Å². The zero-order valence-corrected chi connectivity index (χ0v) is 11.6. The Balaban J connectivity index is 2.67. The van der Waals surface area contributed by atoms with Crippen molar-refractivity contribution in [1.82, 2.24) is 0 Å². The molecule has 0 radical (unpaired) electrons. The van der Waals surface area contributed by atoms with Crippen LogP contribution < -0.4 is 0 Å². The van der Waals surface area contributed by atoms with E-state index in [4.69, 9.17) is 0 Å². The molecule has 2 aromatic carbocycles. The monoisotopic (exact) mass is 310 g/mol. The molecule has 0 atom stereocenters. The van der Waals surface area contributed by atoms with Gasteiger partial charge in [-0.05, 0) is 46.6 Å². The molecule has 2 aromatic rings. The average molecular weight is 311 g/mol. The maximum Gasteiger partial charge on any atom is 0.207 e. The summed E-state index contributed by atoms with van der Waals surface area (Å²) in [6.45, 7) is 1.80. The van der Waals surface area contributed by atoms with Gasteiger partial charge in [0, 0.05) is 4.47 Å². The maximum atomic E-state index is 12.4. The highest BCUT2D eigenvalue weighted by atomic mass is 79.9. The zero-order valence-electron chi connectivity index (χ0n) is 9.22. The van der Waals surface area contributed by atoms with Gasteiger partial charge in [-0.2, -0.15) is 0 Å². The van der Waals surface area contributed by atoms with Gasteiger partial charge in [0.2, 0.25) is 9.84 Å². The Morgan fingerprint density at radius 1 is 0.882 bits per heavy atom. The Morgan fingerprint density at radius 2 is 1.41 bits per heavy atom. The quantitative estimate of drug-likeness (QED) is 0.849. The van der Waals surface area contributed by atoms with E-state index in [0.717, 1.165) is 5.56 Å². The molecule has 0 fully saturated rings. The molecule has 88 valence electrons. The Bertz CT molecular complexity index is 596. The third-order valence-corrected chi connectivity index (χ3v) is 5.44. The van der Waals surface area contributed by atoms with Crippen LogP contribution in [0.5, 0.6) is 0 Å². The number of hydrogen-bond donors (Lipinski definition) is 0. The van der Waals surface area contributed by atoms with E-state index in [-0.39, 0.29) is 0 Å². The Kier molecular flexibility index (Phi) is 3.35. The van der Waals surface area contributed by atoms with Gasteiger partial charge in [0.15, 0.2) is 0 Å². The van der Waals surface area contributed by atoms with Gasteiger partial charge >= 0.3 is 0 Å². The van der Waals surface area contributed by atoms with Crippen molar-refractivity contribution >= 4 is 25.8 Å². The van der Waals surface area contributed by atoms with Gasteiger partial charge in [-0.3, -0.25) is 0 Å². The van der Waals surface area contributed by atoms with E-state index < -0.39 is 9.84 Å². The normalized spacial score (nSPS) is 11.4. The topological polar surface area (TPSA) is 34.1 Å². The lowest BCUT2D eigenvalue weighted by Crippen LogP contribution is -2.04. The highest BCUT2D eigenvalue weighted by Gasteiger charge is 2.21. The lowest BCUT2D eigenvalue weighted by atomic mass is 10.2. The molecule has 0 aliphatic carbocycles. The summed E-state index contributed by atoms with van der Waals surface area (Å²) in [4.78, 5) is 0.654. The lowest BCUT2D eigenvalue weighted by molar-refractivity contribution is 0.595. The number of rotatable bonds is 2. The van der Waals surface area contributed by atoms with Crippen LogP contribution in [0.25, 0.3) is 0 Å². The molecule has 0 aliphatic heterocycles. The van der Waals surface area contributed by atoms with Crippen molar-refractivity contribution in [2.24, 2.45) is 0 Å². The summed E-state index contributed by atoms with van der Waals surface area (Å²) in [6.07, 6.45) is 0. The number of halogens is 1. The minimum Gasteiger partial charge on any atom is -0.218 e. The SMILES string of the molecule is Cc1ccccc1S(=O)(=O)c1ccccc1Br. The van der Waals surface area contributed by atoms with Crippen LogP contribution in [-0.4, -0.2) is 8.42 Å². The number of aryl methyl sites for hydroxylation is 1. The van der Waals surface area contributed by atoms with Crippen molar-refractivity contribution < 1.29 is 8.42 Å². The fraction of sp³-hybridized carbons (Fsp3) is 0.0769. The summed E-state index contributed by atoms with van der Waals surface area (Å²) in [6, 6.07) is 13.8. The standard InChI is InChI=1S/C13H11BrO2S/c1-10-6-2-4-8-12(10)17(15,16)13-9-5-3-7-11(13)14/h2-9H,1H3. The van der Waals surface area contributed by atoms with Gasteiger partial charge in [0.25, 0.3) is 0 Å². The van der Waals surface area contributed by atoms with E-state index >= 15 is 0 Å². The van der Waals surface area contributed by atoms with Crippen LogP contribution in [0.15, 0.2) is 62.8 Å². The maximum absolute atomic E-state index is 12.4. The van der Waals surface area contributed by atoms with Crippen LogP contribution in [0.2, 0.25) is 0 Å². The third kappa shape index (κ3) is 2.28. The predicted octanol–water partition coefficient (Wildman–Crippen LogP) is 3.59. The fourth-order valence-corrected chi connectivity index (χ4v) is 4.13. The molecule has 0 spiro atoms. The summed E-state index contributed by atoms with van der Waals surface area (Å²) >= 11 is 3.27. The van der Waals surface area contributed by atoms with E-state index in [0.29, 0.717) is 14.3 Å². The van der Waals surface area contributed by atoms with Crippen molar-refractivity contribution in [2.45, 2.75) is 16.7 Å². The molecule has 0 bridgehead atoms. The second-order valence-electron chi connectivity index (χ2n) is 3.70. The first kappa shape index (κ1) is 12.3. The van der Waals surface area contributed by atoms with Gasteiger partial charge < -0.3 is 0 Å². The largest absolute Gasteiger partial charge is 0.218 e. The minimum absolute atomic E-state index is 0.300. The van der Waals surface area contributed by atoms with Crippen molar-refractivity contribution in [3.8, 4) is 0 Å². The molecule has 17 heavy (non-hydrogen) atoms. The minimum atomic E-state index is -3.45. The molecule has 0 aromatic heterocycles. The Morgan fingerprint density at radius 3 is 2.00 bits per heavy atom. The van der Waals surface area contributed by atoms with E-state index in [1.165, 1.54) is 0 Å². The molecule has 0 saturated carbocycles. The molecule has 2 nitrogen and oxygen atoms in total. The van der Waals surface area contributed by atoms with Crippen LogP contribution in [-0.2, 0) is 9.84 Å². The second kappa shape index (κ2) is 4.63. The van der Waals surface area contributed by atoms with Crippen LogP contribution in [0.1, 0.15) is 5.56 Å². The number of benzene rings is 2. The van der Waals surface area contributed by atoms with Crippen molar-refractivity contribution in [3.63, 3.8) is 0 Å². The highest BCUT2D eigenvalue weighted by molar-refractivity contribution is 9.10. The third-order valence-electron chi connectivity index (χ3n) is 2.51. The zero-order chi connectivity index (χ0) is 12.5. The molecule has 0 unspecified atom stereocenters. The van der Waals surface area contributed by atoms with Crippen LogP contribution in [0.4, 0.5) is 0 Å². The van der Waals surface area contributed by atoms with E-state index in [1.54, 1.807) is 49.4 Å². The molecule has 4 heteroatoms. The van der Waals surface area contributed by atoms with E-state index in [9.17, 15) is 8.42 Å². The smallest absolute Gasteiger partial charge is 0.207 e. The van der Waals surface area contributed by atoms with Crippen molar-refractivity contribution in [2.75, 3.05) is 0 Å². The molecular formula is C13H11BrO2S. The Hall–Kier alpha value is -1.13. The average Bonchev–Trinajstić information content (AvgIpc) is 2.29. The molecule has 2 rings (SSSR count). The van der Waals surface area contributed by atoms with Crippen LogP contribution in [0, 0.1) is 6.92 Å². The first-order chi connectivity index (χ1) is 8.03. The first-order valence-electron chi connectivity index (χ1n) is 5.09. The summed E-state index contributed by atoms with van der Waals surface area (Å²) in [7, 11) is -3.45. The second-order valence-corrected chi connectivity index (χ2v) is 6.44. The first-order valence-corrected chi connectivity index (χ1v) is 7.36. The molecule has 0 heterocycles. The molecule has 0 N–H and O–H groups in total.